The lowest BCUT2D eigenvalue weighted by Gasteiger charge is -2.12. The van der Waals surface area contributed by atoms with Crippen molar-refractivity contribution in [2.75, 3.05) is 0 Å². The molecule has 0 fully saturated rings. The molecule has 0 spiro atoms. The molecule has 0 atom stereocenters. The summed E-state index contributed by atoms with van der Waals surface area (Å²) in [5, 5.41) is 7.09. The highest BCUT2D eigenvalue weighted by Gasteiger charge is 2.16. The Balaban J connectivity index is 1.24. The average Bonchev–Trinajstić information content (AvgIpc) is 3.65. The largest absolute Gasteiger partial charge is 0.457 e. The van der Waals surface area contributed by atoms with Gasteiger partial charge in [0.25, 0.3) is 0 Å². The van der Waals surface area contributed by atoms with Crippen LogP contribution in [0.2, 0.25) is 0 Å². The highest BCUT2D eigenvalue weighted by Crippen LogP contribution is 2.36. The third kappa shape index (κ3) is 5.05. The zero-order valence-electron chi connectivity index (χ0n) is 25.7. The van der Waals surface area contributed by atoms with E-state index in [1.807, 2.05) is 41.3 Å². The molecule has 0 N–H and O–H groups in total. The molecule has 44 heavy (non-hydrogen) atoms. The second-order valence-corrected chi connectivity index (χ2v) is 11.8. The van der Waals surface area contributed by atoms with Crippen molar-refractivity contribution in [2.45, 2.75) is 46.5 Å². The third-order valence-electron chi connectivity index (χ3n) is 8.38. The van der Waals surface area contributed by atoms with Gasteiger partial charge in [0, 0.05) is 40.9 Å². The van der Waals surface area contributed by atoms with Crippen molar-refractivity contribution < 1.29 is 4.74 Å². The Labute approximate surface area is 258 Å². The highest BCUT2D eigenvalue weighted by atomic mass is 16.5. The number of hydrogen-bond acceptors (Lipinski definition) is 3. The van der Waals surface area contributed by atoms with Crippen LogP contribution in [0.4, 0.5) is 0 Å². The van der Waals surface area contributed by atoms with E-state index in [4.69, 9.17) is 14.8 Å². The van der Waals surface area contributed by atoms with Gasteiger partial charge in [-0.05, 0) is 84.0 Å². The second-order valence-electron chi connectivity index (χ2n) is 11.8. The van der Waals surface area contributed by atoms with E-state index in [9.17, 15) is 0 Å². The van der Waals surface area contributed by atoms with Gasteiger partial charge in [-0.25, -0.2) is 9.67 Å². The molecule has 0 aliphatic rings. The van der Waals surface area contributed by atoms with E-state index < -0.39 is 0 Å². The molecule has 0 unspecified atom stereocenters. The molecule has 0 saturated carbocycles. The maximum Gasteiger partial charge on any atom is 0.137 e. The fourth-order valence-corrected chi connectivity index (χ4v) is 6.21. The smallest absolute Gasteiger partial charge is 0.137 e. The molecular weight excluding hydrogens is 540 g/mol. The van der Waals surface area contributed by atoms with Crippen molar-refractivity contribution in [3.05, 3.63) is 132 Å². The number of pyridine rings is 1. The number of aryl methyl sites for hydroxylation is 2. The monoisotopic (exact) mass is 576 g/mol. The highest BCUT2D eigenvalue weighted by molar-refractivity contribution is 6.09. The molecule has 0 aliphatic carbocycles. The van der Waals surface area contributed by atoms with E-state index in [0.717, 1.165) is 52.4 Å². The predicted octanol–water partition coefficient (Wildman–Crippen LogP) is 10.2. The summed E-state index contributed by atoms with van der Waals surface area (Å²) in [4.78, 5) is 4.78. The molecular formula is C39H36N4O. The van der Waals surface area contributed by atoms with Crippen LogP contribution in [0.25, 0.3) is 44.4 Å². The minimum absolute atomic E-state index is 0.414. The van der Waals surface area contributed by atoms with Crippen LogP contribution >= 0.6 is 0 Å². The number of hydrogen-bond donors (Lipinski definition) is 0. The molecule has 0 bridgehead atoms. The van der Waals surface area contributed by atoms with Crippen LogP contribution in [0, 0.1) is 6.92 Å². The first-order valence-corrected chi connectivity index (χ1v) is 15.4. The number of nitrogens with zero attached hydrogens (tertiary/aromatic N) is 4. The van der Waals surface area contributed by atoms with Crippen molar-refractivity contribution in [1.82, 2.24) is 19.3 Å². The molecule has 7 rings (SSSR count). The van der Waals surface area contributed by atoms with Gasteiger partial charge < -0.3 is 4.74 Å². The first kappa shape index (κ1) is 27.7. The van der Waals surface area contributed by atoms with Gasteiger partial charge in [0.15, 0.2) is 0 Å². The van der Waals surface area contributed by atoms with E-state index >= 15 is 0 Å². The van der Waals surface area contributed by atoms with Crippen LogP contribution in [0.1, 0.15) is 49.8 Å². The molecule has 0 radical (unpaired) electrons. The fourth-order valence-electron chi connectivity index (χ4n) is 6.21. The quantitative estimate of drug-likeness (QED) is 0.181. The van der Waals surface area contributed by atoms with Crippen molar-refractivity contribution in [3.63, 3.8) is 0 Å². The minimum Gasteiger partial charge on any atom is -0.457 e. The first-order valence-electron chi connectivity index (χ1n) is 15.4. The van der Waals surface area contributed by atoms with Crippen LogP contribution in [-0.2, 0) is 6.42 Å². The molecule has 5 nitrogen and oxygen atoms in total. The molecule has 218 valence electrons. The Morgan fingerprint density at radius 2 is 1.61 bits per heavy atom. The molecule has 5 heteroatoms. The zero-order valence-corrected chi connectivity index (χ0v) is 25.7. The number of benzene rings is 4. The summed E-state index contributed by atoms with van der Waals surface area (Å²) in [7, 11) is 0. The predicted molar refractivity (Wildman–Crippen MR) is 180 cm³/mol. The number of ether oxygens (including phenoxy) is 1. The lowest BCUT2D eigenvalue weighted by molar-refractivity contribution is 0.483. The Kier molecular flexibility index (Phi) is 7.23. The SMILES string of the molecule is CCCc1cccc(C)c1-c1cnn(-c2cccc(Oc3ccc4c5ccccc5n(-c5cc(C(C)C)ccn5)c4c3)c2)c1. The van der Waals surface area contributed by atoms with Crippen LogP contribution in [0.15, 0.2) is 116 Å². The second kappa shape index (κ2) is 11.5. The lowest BCUT2D eigenvalue weighted by Crippen LogP contribution is -1.99. The van der Waals surface area contributed by atoms with Gasteiger partial charge in [0.2, 0.25) is 0 Å². The summed E-state index contributed by atoms with van der Waals surface area (Å²) in [6.45, 7) is 8.82. The minimum atomic E-state index is 0.414. The summed E-state index contributed by atoms with van der Waals surface area (Å²) >= 11 is 0. The third-order valence-corrected chi connectivity index (χ3v) is 8.38. The topological polar surface area (TPSA) is 44.9 Å². The maximum atomic E-state index is 6.48. The first-order chi connectivity index (χ1) is 21.5. The molecule has 0 saturated heterocycles. The Hall–Kier alpha value is -5.16. The Morgan fingerprint density at radius 1 is 0.795 bits per heavy atom. The van der Waals surface area contributed by atoms with Gasteiger partial charge in [0.05, 0.1) is 22.9 Å². The van der Waals surface area contributed by atoms with Crippen LogP contribution < -0.4 is 4.74 Å². The van der Waals surface area contributed by atoms with Crippen LogP contribution in [-0.4, -0.2) is 19.3 Å². The van der Waals surface area contributed by atoms with E-state index in [1.165, 1.54) is 33.0 Å². The van der Waals surface area contributed by atoms with Crippen molar-refractivity contribution in [2.24, 2.45) is 0 Å². The van der Waals surface area contributed by atoms with Gasteiger partial charge in [-0.3, -0.25) is 4.57 Å². The Bertz CT molecular complexity index is 2120. The molecule has 7 aromatic rings. The molecule has 0 amide bonds. The van der Waals surface area contributed by atoms with E-state index in [0.29, 0.717) is 5.92 Å². The van der Waals surface area contributed by atoms with Crippen molar-refractivity contribution in [1.29, 1.82) is 0 Å². The normalized spacial score (nSPS) is 11.6. The number of rotatable bonds is 8. The van der Waals surface area contributed by atoms with Crippen LogP contribution in [0.3, 0.4) is 0 Å². The van der Waals surface area contributed by atoms with E-state index in [1.54, 1.807) is 0 Å². The van der Waals surface area contributed by atoms with Gasteiger partial charge in [-0.2, -0.15) is 5.10 Å². The van der Waals surface area contributed by atoms with E-state index in [2.05, 4.69) is 111 Å². The molecule has 3 heterocycles. The number of fused-ring (bicyclic) bond motifs is 3. The van der Waals surface area contributed by atoms with Gasteiger partial charge in [-0.1, -0.05) is 69.7 Å². The van der Waals surface area contributed by atoms with Crippen molar-refractivity contribution >= 4 is 21.8 Å². The number of para-hydroxylation sites is 1. The van der Waals surface area contributed by atoms with Gasteiger partial charge in [0.1, 0.15) is 17.3 Å². The zero-order chi connectivity index (χ0) is 30.2. The Morgan fingerprint density at radius 3 is 2.48 bits per heavy atom. The molecule has 0 aliphatic heterocycles. The fraction of sp³-hybridized carbons (Fsp3) is 0.179. The standard InChI is InChI=1S/C39H36N4O/c1-5-10-28-12-8-11-27(4)39(28)30-24-41-42(25-30)31-13-9-14-32(22-31)44-33-17-18-35-34-15-6-7-16-36(34)43(37(35)23-33)38-21-29(26(2)3)19-20-40-38/h6-9,11-26H,5,10H2,1-4H3. The average molecular weight is 577 g/mol. The summed E-state index contributed by atoms with van der Waals surface area (Å²) in [6, 6.07) is 33.7. The summed E-state index contributed by atoms with van der Waals surface area (Å²) in [5.74, 6) is 2.84. The molecule has 3 aromatic heterocycles. The summed E-state index contributed by atoms with van der Waals surface area (Å²) in [5.41, 5.74) is 9.44. The summed E-state index contributed by atoms with van der Waals surface area (Å²) in [6.07, 6.45) is 8.14. The van der Waals surface area contributed by atoms with Crippen molar-refractivity contribution in [3.8, 4) is 34.1 Å². The van der Waals surface area contributed by atoms with Gasteiger partial charge in [-0.15, -0.1) is 0 Å². The summed E-state index contributed by atoms with van der Waals surface area (Å²) < 4.78 is 10.7. The maximum absolute atomic E-state index is 6.48. The lowest BCUT2D eigenvalue weighted by atomic mass is 9.95. The van der Waals surface area contributed by atoms with Crippen LogP contribution in [0.5, 0.6) is 11.5 Å². The number of aromatic nitrogens is 4. The van der Waals surface area contributed by atoms with Gasteiger partial charge >= 0.3 is 0 Å². The van der Waals surface area contributed by atoms with E-state index in [-0.39, 0.29) is 0 Å². The molecule has 4 aromatic carbocycles.